The second-order valence-electron chi connectivity index (χ2n) is 5.24. The summed E-state index contributed by atoms with van der Waals surface area (Å²) in [6.07, 6.45) is 5.03. The molecule has 0 bridgehead atoms. The Morgan fingerprint density at radius 2 is 2.05 bits per heavy atom. The van der Waals surface area contributed by atoms with Crippen LogP contribution in [0.5, 0.6) is 0 Å². The van der Waals surface area contributed by atoms with E-state index < -0.39 is 0 Å². The van der Waals surface area contributed by atoms with Crippen LogP contribution < -0.4 is 0 Å². The number of aliphatic hydroxyl groups is 1. The number of piperidine rings is 1. The fourth-order valence-corrected chi connectivity index (χ4v) is 2.93. The van der Waals surface area contributed by atoms with Gasteiger partial charge >= 0.3 is 0 Å². The van der Waals surface area contributed by atoms with Crippen LogP contribution in [0, 0.1) is 11.3 Å². The average Bonchev–Trinajstić information content (AvgIpc) is 2.44. The molecule has 0 aromatic heterocycles. The topological polar surface area (TPSA) is 47.3 Å². The Labute approximate surface area is 115 Å². The van der Waals surface area contributed by atoms with Gasteiger partial charge in [0.25, 0.3) is 0 Å². The van der Waals surface area contributed by atoms with Crippen LogP contribution in [0.4, 0.5) is 0 Å². The van der Waals surface area contributed by atoms with E-state index in [2.05, 4.69) is 17.0 Å². The zero-order valence-corrected chi connectivity index (χ0v) is 11.4. The minimum absolute atomic E-state index is 0.265. The third-order valence-corrected chi connectivity index (χ3v) is 3.97. The SMILES string of the molecule is N#CCc1ccccc1CN1CCCCC1CCO. The molecule has 1 unspecified atom stereocenters. The van der Waals surface area contributed by atoms with Crippen LogP contribution in [-0.4, -0.2) is 29.2 Å². The molecule has 3 nitrogen and oxygen atoms in total. The second kappa shape index (κ2) is 7.28. The lowest BCUT2D eigenvalue weighted by molar-refractivity contribution is 0.112. The van der Waals surface area contributed by atoms with Crippen LogP contribution in [0.1, 0.15) is 36.8 Å². The zero-order chi connectivity index (χ0) is 13.5. The number of likely N-dealkylation sites (tertiary alicyclic amines) is 1. The Bertz CT molecular complexity index is 437. The predicted octanol–water partition coefficient (Wildman–Crippen LogP) is 2.49. The van der Waals surface area contributed by atoms with E-state index in [4.69, 9.17) is 5.26 Å². The summed E-state index contributed by atoms with van der Waals surface area (Å²) < 4.78 is 0. The molecule has 1 aliphatic rings. The fourth-order valence-electron chi connectivity index (χ4n) is 2.93. The number of aliphatic hydroxyl groups excluding tert-OH is 1. The van der Waals surface area contributed by atoms with Crippen LogP contribution in [0.25, 0.3) is 0 Å². The van der Waals surface area contributed by atoms with Gasteiger partial charge in [-0.3, -0.25) is 4.90 Å². The molecule has 0 radical (unpaired) electrons. The van der Waals surface area contributed by atoms with E-state index in [1.807, 2.05) is 18.2 Å². The largest absolute Gasteiger partial charge is 0.396 e. The van der Waals surface area contributed by atoms with Crippen LogP contribution in [0.3, 0.4) is 0 Å². The predicted molar refractivity (Wildman–Crippen MR) is 75.5 cm³/mol. The molecule has 0 aliphatic carbocycles. The summed E-state index contributed by atoms with van der Waals surface area (Å²) in [5.41, 5.74) is 2.40. The molecule has 1 aromatic carbocycles. The molecule has 0 spiro atoms. The monoisotopic (exact) mass is 258 g/mol. The van der Waals surface area contributed by atoms with Gasteiger partial charge in [-0.25, -0.2) is 0 Å². The maximum atomic E-state index is 9.17. The van der Waals surface area contributed by atoms with Crippen molar-refractivity contribution in [3.63, 3.8) is 0 Å². The summed E-state index contributed by atoms with van der Waals surface area (Å²) in [6.45, 7) is 2.27. The number of nitrogens with zero attached hydrogens (tertiary/aromatic N) is 2. The Balaban J connectivity index is 2.08. The van der Waals surface area contributed by atoms with Gasteiger partial charge in [0, 0.05) is 19.2 Å². The number of benzene rings is 1. The normalized spacial score (nSPS) is 20.1. The first-order valence-electron chi connectivity index (χ1n) is 7.13. The van der Waals surface area contributed by atoms with Crippen molar-refractivity contribution < 1.29 is 5.11 Å². The maximum absolute atomic E-state index is 9.17. The summed E-state index contributed by atoms with van der Waals surface area (Å²) in [4.78, 5) is 2.47. The van der Waals surface area contributed by atoms with E-state index in [9.17, 15) is 5.11 Å². The molecule has 1 N–H and O–H groups in total. The van der Waals surface area contributed by atoms with Gasteiger partial charge in [-0.1, -0.05) is 30.7 Å². The molecule has 1 aromatic rings. The minimum Gasteiger partial charge on any atom is -0.396 e. The van der Waals surface area contributed by atoms with Crippen molar-refractivity contribution in [1.82, 2.24) is 4.90 Å². The Morgan fingerprint density at radius 3 is 2.79 bits per heavy atom. The van der Waals surface area contributed by atoms with Gasteiger partial charge in [0.1, 0.15) is 0 Å². The summed E-state index contributed by atoms with van der Waals surface area (Å²) in [5, 5.41) is 18.1. The lowest BCUT2D eigenvalue weighted by Gasteiger charge is -2.35. The van der Waals surface area contributed by atoms with Crippen molar-refractivity contribution in [1.29, 1.82) is 5.26 Å². The first-order valence-corrected chi connectivity index (χ1v) is 7.13. The van der Waals surface area contributed by atoms with Gasteiger partial charge in [0.05, 0.1) is 12.5 Å². The molecule has 0 amide bonds. The molecule has 1 atom stereocenters. The van der Waals surface area contributed by atoms with E-state index in [0.717, 1.165) is 25.1 Å². The number of rotatable bonds is 5. The highest BCUT2D eigenvalue weighted by Gasteiger charge is 2.22. The summed E-state index contributed by atoms with van der Waals surface area (Å²) in [7, 11) is 0. The Morgan fingerprint density at radius 1 is 1.26 bits per heavy atom. The molecule has 102 valence electrons. The lowest BCUT2D eigenvalue weighted by Crippen LogP contribution is -2.39. The number of nitriles is 1. The summed E-state index contributed by atoms with van der Waals surface area (Å²) >= 11 is 0. The fraction of sp³-hybridized carbons (Fsp3) is 0.562. The van der Waals surface area contributed by atoms with Crippen molar-refractivity contribution in [3.05, 3.63) is 35.4 Å². The van der Waals surface area contributed by atoms with Crippen LogP contribution in [0.2, 0.25) is 0 Å². The second-order valence-corrected chi connectivity index (χ2v) is 5.24. The molecule has 1 fully saturated rings. The van der Waals surface area contributed by atoms with Crippen molar-refractivity contribution in [2.75, 3.05) is 13.2 Å². The highest BCUT2D eigenvalue weighted by molar-refractivity contribution is 5.29. The molecule has 1 saturated heterocycles. The van der Waals surface area contributed by atoms with Gasteiger partial charge < -0.3 is 5.11 Å². The molecule has 3 heteroatoms. The van der Waals surface area contributed by atoms with Gasteiger partial charge in [0.15, 0.2) is 0 Å². The minimum atomic E-state index is 0.265. The Hall–Kier alpha value is -1.37. The van der Waals surface area contributed by atoms with Crippen molar-refractivity contribution >= 4 is 0 Å². The highest BCUT2D eigenvalue weighted by atomic mass is 16.3. The van der Waals surface area contributed by atoms with Gasteiger partial charge in [0.2, 0.25) is 0 Å². The smallest absolute Gasteiger partial charge is 0.0669 e. The molecule has 1 aliphatic heterocycles. The highest BCUT2D eigenvalue weighted by Crippen LogP contribution is 2.23. The molecule has 0 saturated carbocycles. The standard InChI is InChI=1S/C16H22N2O/c17-10-8-14-5-1-2-6-15(14)13-18-11-4-3-7-16(18)9-12-19/h1-2,5-6,16,19H,3-4,7-9,11-13H2. The van der Waals surface area contributed by atoms with Gasteiger partial charge in [-0.05, 0) is 36.9 Å². The van der Waals surface area contributed by atoms with E-state index in [1.54, 1.807) is 0 Å². The molecular weight excluding hydrogens is 236 g/mol. The first kappa shape index (κ1) is 14.0. The summed E-state index contributed by atoms with van der Waals surface area (Å²) in [5.74, 6) is 0. The van der Waals surface area contributed by atoms with Gasteiger partial charge in [-0.2, -0.15) is 5.26 Å². The Kier molecular flexibility index (Phi) is 5.38. The third-order valence-electron chi connectivity index (χ3n) is 3.97. The van der Waals surface area contributed by atoms with Crippen LogP contribution in [0.15, 0.2) is 24.3 Å². The quantitative estimate of drug-likeness (QED) is 0.882. The van der Waals surface area contributed by atoms with E-state index in [1.165, 1.54) is 24.8 Å². The van der Waals surface area contributed by atoms with E-state index in [0.29, 0.717) is 12.5 Å². The lowest BCUT2D eigenvalue weighted by atomic mass is 9.97. The van der Waals surface area contributed by atoms with Crippen molar-refractivity contribution in [2.45, 2.75) is 44.7 Å². The van der Waals surface area contributed by atoms with Crippen LogP contribution in [-0.2, 0) is 13.0 Å². The van der Waals surface area contributed by atoms with E-state index in [-0.39, 0.29) is 6.61 Å². The molecule has 19 heavy (non-hydrogen) atoms. The molecule has 2 rings (SSSR count). The van der Waals surface area contributed by atoms with Crippen LogP contribution >= 0.6 is 0 Å². The number of hydrogen-bond donors (Lipinski definition) is 1. The van der Waals surface area contributed by atoms with E-state index >= 15 is 0 Å². The number of hydrogen-bond acceptors (Lipinski definition) is 3. The first-order chi connectivity index (χ1) is 9.35. The van der Waals surface area contributed by atoms with Crippen molar-refractivity contribution in [2.24, 2.45) is 0 Å². The van der Waals surface area contributed by atoms with Gasteiger partial charge in [-0.15, -0.1) is 0 Å². The molecule has 1 heterocycles. The van der Waals surface area contributed by atoms with Crippen molar-refractivity contribution in [3.8, 4) is 6.07 Å². The third kappa shape index (κ3) is 3.79. The summed E-state index contributed by atoms with van der Waals surface area (Å²) in [6, 6.07) is 10.9. The zero-order valence-electron chi connectivity index (χ0n) is 11.4. The average molecular weight is 258 g/mol. The molecular formula is C16H22N2O. The maximum Gasteiger partial charge on any atom is 0.0669 e.